The molecule has 1 amide bonds. The van der Waals surface area contributed by atoms with E-state index in [1.165, 1.54) is 0 Å². The van der Waals surface area contributed by atoms with E-state index in [0.29, 0.717) is 18.9 Å². The highest BCUT2D eigenvalue weighted by molar-refractivity contribution is 5.77. The second-order valence-corrected chi connectivity index (χ2v) is 4.36. The number of nitrogens with zero attached hydrogens (tertiary/aromatic N) is 2. The largest absolute Gasteiger partial charge is 0.351 e. The molecule has 6 nitrogen and oxygen atoms in total. The number of anilines is 1. The molecule has 17 heavy (non-hydrogen) atoms. The maximum absolute atomic E-state index is 11.3. The molecule has 1 aromatic heterocycles. The first kappa shape index (κ1) is 11.8. The molecule has 0 spiro atoms. The Bertz CT molecular complexity index is 391. The van der Waals surface area contributed by atoms with Crippen LogP contribution in [0.2, 0.25) is 0 Å². The summed E-state index contributed by atoms with van der Waals surface area (Å²) in [6, 6.07) is 0.203. The molecule has 0 bridgehead atoms. The zero-order valence-electron chi connectivity index (χ0n) is 10.0. The van der Waals surface area contributed by atoms with Crippen LogP contribution in [0.15, 0.2) is 12.4 Å². The van der Waals surface area contributed by atoms with E-state index in [2.05, 4.69) is 25.9 Å². The number of aryl methyl sites for hydroxylation is 1. The molecule has 1 aromatic rings. The molecule has 1 fully saturated rings. The maximum atomic E-state index is 11.3. The SMILES string of the molecule is Cc1cnc(NCC2NC(=O)CC(C)N2)nc1. The fourth-order valence-corrected chi connectivity index (χ4v) is 1.76. The molecule has 0 radical (unpaired) electrons. The molecule has 92 valence electrons. The lowest BCUT2D eigenvalue weighted by molar-refractivity contribution is -0.124. The first-order valence-corrected chi connectivity index (χ1v) is 5.71. The summed E-state index contributed by atoms with van der Waals surface area (Å²) in [4.78, 5) is 19.6. The van der Waals surface area contributed by atoms with Crippen LogP contribution in [0.25, 0.3) is 0 Å². The molecule has 3 N–H and O–H groups in total. The predicted octanol–water partition coefficient (Wildman–Crippen LogP) is 0.0210. The van der Waals surface area contributed by atoms with Gasteiger partial charge in [0.05, 0.1) is 12.7 Å². The lowest BCUT2D eigenvalue weighted by Gasteiger charge is -2.29. The number of carbonyl (C=O) groups is 1. The number of hydrogen-bond acceptors (Lipinski definition) is 5. The predicted molar refractivity (Wildman–Crippen MR) is 64.4 cm³/mol. The summed E-state index contributed by atoms with van der Waals surface area (Å²) in [5.41, 5.74) is 1.02. The third kappa shape index (κ3) is 3.39. The summed E-state index contributed by atoms with van der Waals surface area (Å²) in [5.74, 6) is 0.651. The average Bonchev–Trinajstić information content (AvgIpc) is 2.27. The molecule has 2 rings (SSSR count). The monoisotopic (exact) mass is 235 g/mol. The van der Waals surface area contributed by atoms with Crippen molar-refractivity contribution in [3.8, 4) is 0 Å². The quantitative estimate of drug-likeness (QED) is 0.688. The van der Waals surface area contributed by atoms with E-state index in [1.807, 2.05) is 13.8 Å². The number of aromatic nitrogens is 2. The van der Waals surface area contributed by atoms with Gasteiger partial charge in [-0.1, -0.05) is 0 Å². The molecule has 6 heteroatoms. The Kier molecular flexibility index (Phi) is 3.53. The van der Waals surface area contributed by atoms with E-state index in [-0.39, 0.29) is 18.1 Å². The van der Waals surface area contributed by atoms with Gasteiger partial charge in [-0.25, -0.2) is 9.97 Å². The molecule has 0 saturated carbocycles. The molecule has 2 atom stereocenters. The number of nitrogens with one attached hydrogen (secondary N) is 3. The third-order valence-corrected chi connectivity index (χ3v) is 2.56. The zero-order valence-corrected chi connectivity index (χ0v) is 10.0. The van der Waals surface area contributed by atoms with Crippen molar-refractivity contribution in [3.05, 3.63) is 18.0 Å². The van der Waals surface area contributed by atoms with Crippen LogP contribution in [0, 0.1) is 6.92 Å². The van der Waals surface area contributed by atoms with Crippen molar-refractivity contribution in [2.45, 2.75) is 32.5 Å². The van der Waals surface area contributed by atoms with Crippen LogP contribution < -0.4 is 16.0 Å². The minimum atomic E-state index is -0.0730. The topological polar surface area (TPSA) is 78.9 Å². The van der Waals surface area contributed by atoms with Gasteiger partial charge in [0.1, 0.15) is 0 Å². The zero-order chi connectivity index (χ0) is 12.3. The van der Waals surface area contributed by atoms with Gasteiger partial charge in [-0.15, -0.1) is 0 Å². The summed E-state index contributed by atoms with van der Waals surface area (Å²) in [6.45, 7) is 4.50. The van der Waals surface area contributed by atoms with Crippen LogP contribution in [0.5, 0.6) is 0 Å². The number of rotatable bonds is 3. The van der Waals surface area contributed by atoms with Gasteiger partial charge in [-0.3, -0.25) is 10.1 Å². The van der Waals surface area contributed by atoms with Crippen LogP contribution >= 0.6 is 0 Å². The van der Waals surface area contributed by atoms with Gasteiger partial charge in [0.15, 0.2) is 0 Å². The van der Waals surface area contributed by atoms with E-state index in [9.17, 15) is 4.79 Å². The van der Waals surface area contributed by atoms with Crippen molar-refractivity contribution in [1.82, 2.24) is 20.6 Å². The molecule has 0 aliphatic carbocycles. The van der Waals surface area contributed by atoms with E-state index >= 15 is 0 Å². The number of hydrogen-bond donors (Lipinski definition) is 3. The molecule has 0 aromatic carbocycles. The van der Waals surface area contributed by atoms with Crippen LogP contribution in [-0.4, -0.2) is 34.6 Å². The Morgan fingerprint density at radius 3 is 2.82 bits per heavy atom. The minimum Gasteiger partial charge on any atom is -0.351 e. The van der Waals surface area contributed by atoms with Crippen molar-refractivity contribution in [2.24, 2.45) is 0 Å². The van der Waals surface area contributed by atoms with Crippen molar-refractivity contribution >= 4 is 11.9 Å². The molecule has 1 saturated heterocycles. The highest BCUT2D eigenvalue weighted by atomic mass is 16.2. The highest BCUT2D eigenvalue weighted by Gasteiger charge is 2.22. The van der Waals surface area contributed by atoms with Gasteiger partial charge >= 0.3 is 0 Å². The average molecular weight is 235 g/mol. The summed E-state index contributed by atoms with van der Waals surface area (Å²) >= 11 is 0. The molecular weight excluding hydrogens is 218 g/mol. The van der Waals surface area contributed by atoms with Gasteiger partial charge in [-0.2, -0.15) is 0 Å². The summed E-state index contributed by atoms with van der Waals surface area (Å²) in [7, 11) is 0. The summed E-state index contributed by atoms with van der Waals surface area (Å²) in [5, 5.41) is 9.22. The smallest absolute Gasteiger partial charge is 0.222 e. The van der Waals surface area contributed by atoms with Gasteiger partial charge in [-0.05, 0) is 19.4 Å². The van der Waals surface area contributed by atoms with Crippen LogP contribution in [0.4, 0.5) is 5.95 Å². The van der Waals surface area contributed by atoms with Crippen molar-refractivity contribution < 1.29 is 4.79 Å². The molecule has 1 aliphatic heterocycles. The molecule has 1 aliphatic rings. The minimum absolute atomic E-state index is 0.0730. The van der Waals surface area contributed by atoms with Crippen molar-refractivity contribution in [2.75, 3.05) is 11.9 Å². The molecular formula is C11H17N5O. The van der Waals surface area contributed by atoms with E-state index in [0.717, 1.165) is 5.56 Å². The number of amides is 1. The Balaban J connectivity index is 1.85. The van der Waals surface area contributed by atoms with Crippen LogP contribution in [0.3, 0.4) is 0 Å². The Morgan fingerprint density at radius 2 is 2.18 bits per heavy atom. The van der Waals surface area contributed by atoms with Crippen LogP contribution in [0.1, 0.15) is 18.9 Å². The Labute approximate surface area is 100 Å². The van der Waals surface area contributed by atoms with Crippen molar-refractivity contribution in [1.29, 1.82) is 0 Å². The maximum Gasteiger partial charge on any atom is 0.222 e. The summed E-state index contributed by atoms with van der Waals surface area (Å²) in [6.07, 6.45) is 3.96. The highest BCUT2D eigenvalue weighted by Crippen LogP contribution is 2.02. The first-order chi connectivity index (χ1) is 8.13. The Hall–Kier alpha value is -1.69. The second-order valence-electron chi connectivity index (χ2n) is 4.36. The number of carbonyl (C=O) groups excluding carboxylic acids is 1. The summed E-state index contributed by atoms with van der Waals surface area (Å²) < 4.78 is 0. The van der Waals surface area contributed by atoms with Gasteiger partial charge in [0.2, 0.25) is 11.9 Å². The Morgan fingerprint density at radius 1 is 1.47 bits per heavy atom. The first-order valence-electron chi connectivity index (χ1n) is 5.71. The van der Waals surface area contributed by atoms with E-state index in [4.69, 9.17) is 0 Å². The van der Waals surface area contributed by atoms with Crippen LogP contribution in [-0.2, 0) is 4.79 Å². The van der Waals surface area contributed by atoms with Gasteiger partial charge < -0.3 is 10.6 Å². The van der Waals surface area contributed by atoms with E-state index < -0.39 is 0 Å². The fraction of sp³-hybridized carbons (Fsp3) is 0.545. The second kappa shape index (κ2) is 5.09. The third-order valence-electron chi connectivity index (χ3n) is 2.56. The lowest BCUT2D eigenvalue weighted by Crippen LogP contribution is -2.58. The van der Waals surface area contributed by atoms with Crippen molar-refractivity contribution in [3.63, 3.8) is 0 Å². The standard InChI is InChI=1S/C11H17N5O/c1-7-4-12-11(13-5-7)14-6-9-15-8(2)3-10(17)16-9/h4-5,8-9,15H,3,6H2,1-2H3,(H,16,17)(H,12,13,14). The fourth-order valence-electron chi connectivity index (χ4n) is 1.76. The normalized spacial score (nSPS) is 24.2. The lowest BCUT2D eigenvalue weighted by atomic mass is 10.1. The van der Waals surface area contributed by atoms with Gasteiger partial charge in [0.25, 0.3) is 0 Å². The van der Waals surface area contributed by atoms with E-state index in [1.54, 1.807) is 12.4 Å². The van der Waals surface area contributed by atoms with Gasteiger partial charge in [0, 0.05) is 24.9 Å². The molecule has 2 heterocycles. The molecule has 2 unspecified atom stereocenters.